The maximum atomic E-state index is 6.23. The van der Waals surface area contributed by atoms with Crippen LogP contribution >= 0.6 is 11.6 Å². The van der Waals surface area contributed by atoms with Crippen LogP contribution in [0.15, 0.2) is 18.2 Å². The van der Waals surface area contributed by atoms with Crippen LogP contribution in [0.4, 0.5) is 5.82 Å². The summed E-state index contributed by atoms with van der Waals surface area (Å²) >= 11 is 6.23. The van der Waals surface area contributed by atoms with Crippen LogP contribution in [0.3, 0.4) is 0 Å². The highest BCUT2D eigenvalue weighted by atomic mass is 35.5. The standard InChI is InChI=1S/C21H30ClN5O2/c1-28-12-10-26-6-8-27(9-7-26)15-20-24-19-13-16(22)4-5-18(19)21(25-20)23-14-17-3-2-11-29-17/h4-5,13,17H,2-3,6-12,14-15H2,1H3,(H,23,24,25). The van der Waals surface area contributed by atoms with E-state index in [1.165, 1.54) is 0 Å². The minimum atomic E-state index is 0.260. The van der Waals surface area contributed by atoms with Gasteiger partial charge >= 0.3 is 0 Å². The van der Waals surface area contributed by atoms with E-state index in [4.69, 9.17) is 31.0 Å². The third-order valence-electron chi connectivity index (χ3n) is 5.67. The molecule has 158 valence electrons. The van der Waals surface area contributed by atoms with E-state index in [2.05, 4.69) is 15.1 Å². The van der Waals surface area contributed by atoms with E-state index in [0.29, 0.717) is 5.02 Å². The molecule has 0 spiro atoms. The Morgan fingerprint density at radius 1 is 1.21 bits per heavy atom. The molecule has 2 fully saturated rings. The molecule has 0 saturated carbocycles. The lowest BCUT2D eigenvalue weighted by Crippen LogP contribution is -2.46. The van der Waals surface area contributed by atoms with Gasteiger partial charge in [0.25, 0.3) is 0 Å². The highest BCUT2D eigenvalue weighted by Crippen LogP contribution is 2.25. The van der Waals surface area contributed by atoms with Crippen LogP contribution in [0.25, 0.3) is 10.9 Å². The van der Waals surface area contributed by atoms with Crippen molar-refractivity contribution in [2.24, 2.45) is 0 Å². The molecule has 0 radical (unpaired) electrons. The van der Waals surface area contributed by atoms with Gasteiger partial charge in [-0.2, -0.15) is 0 Å². The number of ether oxygens (including phenoxy) is 2. The fourth-order valence-electron chi connectivity index (χ4n) is 3.96. The SMILES string of the molecule is COCCN1CCN(Cc2nc(NCC3CCCO3)c3ccc(Cl)cc3n2)CC1. The van der Waals surface area contributed by atoms with Crippen molar-refractivity contribution in [1.29, 1.82) is 0 Å². The predicted octanol–water partition coefficient (Wildman–Crippen LogP) is 2.64. The Kier molecular flexibility index (Phi) is 7.15. The molecule has 29 heavy (non-hydrogen) atoms. The van der Waals surface area contributed by atoms with Gasteiger partial charge in [0.1, 0.15) is 11.6 Å². The molecule has 2 aliphatic rings. The molecule has 1 unspecified atom stereocenters. The highest BCUT2D eigenvalue weighted by molar-refractivity contribution is 6.31. The maximum Gasteiger partial charge on any atom is 0.145 e. The molecule has 2 aromatic rings. The van der Waals surface area contributed by atoms with Crippen molar-refractivity contribution in [2.75, 3.05) is 64.9 Å². The zero-order valence-electron chi connectivity index (χ0n) is 17.1. The number of nitrogens with zero attached hydrogens (tertiary/aromatic N) is 4. The molecule has 3 heterocycles. The number of anilines is 1. The summed E-state index contributed by atoms with van der Waals surface area (Å²) in [5, 5.41) is 5.19. The number of benzene rings is 1. The number of aromatic nitrogens is 2. The summed E-state index contributed by atoms with van der Waals surface area (Å²) in [4.78, 5) is 14.5. The third-order valence-corrected chi connectivity index (χ3v) is 5.90. The smallest absolute Gasteiger partial charge is 0.145 e. The molecule has 2 aliphatic heterocycles. The van der Waals surface area contributed by atoms with Crippen LogP contribution in [0.5, 0.6) is 0 Å². The van der Waals surface area contributed by atoms with Crippen LogP contribution in [-0.4, -0.2) is 85.5 Å². The number of hydrogen-bond donors (Lipinski definition) is 1. The van der Waals surface area contributed by atoms with Crippen LogP contribution < -0.4 is 5.32 Å². The van der Waals surface area contributed by atoms with Gasteiger partial charge in [-0.1, -0.05) is 11.6 Å². The molecule has 4 rings (SSSR count). The van der Waals surface area contributed by atoms with Gasteiger partial charge in [0.05, 0.1) is 24.8 Å². The predicted molar refractivity (Wildman–Crippen MR) is 116 cm³/mol. The molecule has 0 bridgehead atoms. The van der Waals surface area contributed by atoms with Gasteiger partial charge in [0.2, 0.25) is 0 Å². The number of fused-ring (bicyclic) bond motifs is 1. The lowest BCUT2D eigenvalue weighted by molar-refractivity contribution is 0.0926. The molecular formula is C21H30ClN5O2. The first-order chi connectivity index (χ1) is 14.2. The second-order valence-corrected chi connectivity index (χ2v) is 8.21. The summed E-state index contributed by atoms with van der Waals surface area (Å²) in [6, 6.07) is 5.80. The van der Waals surface area contributed by atoms with Gasteiger partial charge in [-0.3, -0.25) is 9.80 Å². The van der Waals surface area contributed by atoms with Crippen molar-refractivity contribution < 1.29 is 9.47 Å². The monoisotopic (exact) mass is 419 g/mol. The molecule has 2 saturated heterocycles. The number of halogens is 1. The van der Waals surface area contributed by atoms with Gasteiger partial charge in [0.15, 0.2) is 0 Å². The summed E-state index contributed by atoms with van der Waals surface area (Å²) < 4.78 is 10.9. The topological polar surface area (TPSA) is 62.8 Å². The highest BCUT2D eigenvalue weighted by Gasteiger charge is 2.19. The first-order valence-corrected chi connectivity index (χ1v) is 10.8. The lowest BCUT2D eigenvalue weighted by atomic mass is 10.2. The van der Waals surface area contributed by atoms with Gasteiger partial charge in [-0.05, 0) is 31.0 Å². The molecule has 1 aromatic heterocycles. The molecule has 0 amide bonds. The molecule has 7 nitrogen and oxygen atoms in total. The van der Waals surface area contributed by atoms with Gasteiger partial charge in [-0.25, -0.2) is 9.97 Å². The molecule has 8 heteroatoms. The third kappa shape index (κ3) is 5.55. The van der Waals surface area contributed by atoms with E-state index in [1.807, 2.05) is 18.2 Å². The zero-order valence-corrected chi connectivity index (χ0v) is 17.8. The van der Waals surface area contributed by atoms with Crippen molar-refractivity contribution >= 4 is 28.3 Å². The Bertz CT molecular complexity index is 807. The van der Waals surface area contributed by atoms with E-state index in [-0.39, 0.29) is 6.10 Å². The van der Waals surface area contributed by atoms with Gasteiger partial charge in [-0.15, -0.1) is 0 Å². The van der Waals surface area contributed by atoms with Crippen LogP contribution in [-0.2, 0) is 16.0 Å². The van der Waals surface area contributed by atoms with Crippen LogP contribution in [0.2, 0.25) is 5.02 Å². The Morgan fingerprint density at radius 3 is 2.79 bits per heavy atom. The average molecular weight is 420 g/mol. The molecule has 1 N–H and O–H groups in total. The zero-order chi connectivity index (χ0) is 20.1. The quantitative estimate of drug-likeness (QED) is 0.705. The average Bonchev–Trinajstić information content (AvgIpc) is 3.25. The second-order valence-electron chi connectivity index (χ2n) is 7.78. The van der Waals surface area contributed by atoms with Crippen LogP contribution in [0.1, 0.15) is 18.7 Å². The lowest BCUT2D eigenvalue weighted by Gasteiger charge is -2.34. The summed E-state index contributed by atoms with van der Waals surface area (Å²) in [5.41, 5.74) is 0.885. The van der Waals surface area contributed by atoms with Crippen molar-refractivity contribution in [3.05, 3.63) is 29.0 Å². The van der Waals surface area contributed by atoms with E-state index in [1.54, 1.807) is 7.11 Å². The van der Waals surface area contributed by atoms with Crippen molar-refractivity contribution in [1.82, 2.24) is 19.8 Å². The van der Waals surface area contributed by atoms with Gasteiger partial charge < -0.3 is 14.8 Å². The van der Waals surface area contributed by atoms with Crippen molar-refractivity contribution in [2.45, 2.75) is 25.5 Å². The normalized spacial score (nSPS) is 21.1. The first kappa shape index (κ1) is 20.8. The Hall–Kier alpha value is -1.51. The second kappa shape index (κ2) is 10.00. The summed E-state index contributed by atoms with van der Waals surface area (Å²) in [6.45, 7) is 8.27. The van der Waals surface area contributed by atoms with E-state index >= 15 is 0 Å². The van der Waals surface area contributed by atoms with E-state index in [0.717, 1.165) is 94.4 Å². The van der Waals surface area contributed by atoms with Crippen molar-refractivity contribution in [3.63, 3.8) is 0 Å². The van der Waals surface area contributed by atoms with Gasteiger partial charge in [0, 0.05) is 63.4 Å². The number of rotatable bonds is 8. The number of methoxy groups -OCH3 is 1. The van der Waals surface area contributed by atoms with Crippen molar-refractivity contribution in [3.8, 4) is 0 Å². The van der Waals surface area contributed by atoms with E-state index < -0.39 is 0 Å². The fourth-order valence-corrected chi connectivity index (χ4v) is 4.13. The molecule has 0 aliphatic carbocycles. The summed E-state index contributed by atoms with van der Waals surface area (Å²) in [7, 11) is 1.75. The fraction of sp³-hybridized carbons (Fsp3) is 0.619. The number of hydrogen-bond acceptors (Lipinski definition) is 7. The summed E-state index contributed by atoms with van der Waals surface area (Å²) in [5.74, 6) is 1.70. The molecule has 1 aromatic carbocycles. The number of nitrogens with one attached hydrogen (secondary N) is 1. The van der Waals surface area contributed by atoms with E-state index in [9.17, 15) is 0 Å². The maximum absolute atomic E-state index is 6.23. The Labute approximate surface area is 177 Å². The minimum absolute atomic E-state index is 0.260. The Balaban J connectivity index is 1.45. The largest absolute Gasteiger partial charge is 0.383 e. The summed E-state index contributed by atoms with van der Waals surface area (Å²) in [6.07, 6.45) is 2.49. The van der Waals surface area contributed by atoms with Crippen LogP contribution in [0, 0.1) is 0 Å². The molecule has 1 atom stereocenters. The first-order valence-electron chi connectivity index (χ1n) is 10.5. The number of piperazine rings is 1. The Morgan fingerprint density at radius 2 is 2.03 bits per heavy atom. The molecular weight excluding hydrogens is 390 g/mol. The minimum Gasteiger partial charge on any atom is -0.383 e.